The van der Waals surface area contributed by atoms with E-state index in [1.54, 1.807) is 39.2 Å². The van der Waals surface area contributed by atoms with Crippen molar-refractivity contribution in [3.8, 4) is 5.88 Å². The molecule has 1 amide bonds. The first-order valence-electron chi connectivity index (χ1n) is 9.33. The van der Waals surface area contributed by atoms with Crippen molar-refractivity contribution >= 4 is 52.0 Å². The zero-order valence-corrected chi connectivity index (χ0v) is 19.0. The number of thioether (sulfide) groups is 1. The largest absolute Gasteiger partial charge is 0.444 e. The SMILES string of the molecule is CSc1nc2c3c(nc(Cl)c(F)c3n1)OON2Cc1cccnc1NC(=O)OC(C)(C)C. The van der Waals surface area contributed by atoms with Crippen LogP contribution in [-0.4, -0.2) is 37.9 Å². The molecular weight excluding hydrogens is 463 g/mol. The van der Waals surface area contributed by atoms with Crippen molar-refractivity contribution in [2.45, 2.75) is 38.1 Å². The highest BCUT2D eigenvalue weighted by molar-refractivity contribution is 7.98. The quantitative estimate of drug-likeness (QED) is 0.247. The molecule has 0 saturated heterocycles. The number of ether oxygens (including phenoxy) is 1. The predicted octanol–water partition coefficient (Wildman–Crippen LogP) is 4.53. The van der Waals surface area contributed by atoms with Crippen molar-refractivity contribution in [1.29, 1.82) is 0 Å². The molecule has 0 bridgehead atoms. The second kappa shape index (κ2) is 8.52. The van der Waals surface area contributed by atoms with Gasteiger partial charge in [-0.1, -0.05) is 34.4 Å². The van der Waals surface area contributed by atoms with Crippen molar-refractivity contribution < 1.29 is 23.8 Å². The molecule has 0 aromatic carbocycles. The van der Waals surface area contributed by atoms with E-state index in [-0.39, 0.29) is 35.0 Å². The molecule has 10 nitrogen and oxygen atoms in total. The molecule has 1 aliphatic heterocycles. The Bertz CT molecular complexity index is 1210. The van der Waals surface area contributed by atoms with Gasteiger partial charge < -0.3 is 4.74 Å². The Morgan fingerprint density at radius 2 is 2.12 bits per heavy atom. The lowest BCUT2D eigenvalue weighted by molar-refractivity contribution is -0.227. The maximum Gasteiger partial charge on any atom is 0.413 e. The molecule has 1 aliphatic rings. The van der Waals surface area contributed by atoms with Gasteiger partial charge in [-0.25, -0.2) is 24.1 Å². The van der Waals surface area contributed by atoms with Crippen LogP contribution in [0.5, 0.6) is 5.88 Å². The number of aromatic nitrogens is 4. The normalized spacial score (nSPS) is 13.1. The number of nitrogens with one attached hydrogen (secondary N) is 1. The van der Waals surface area contributed by atoms with E-state index in [2.05, 4.69) is 25.3 Å². The third-order valence-corrected chi connectivity index (χ3v) is 4.92. The van der Waals surface area contributed by atoms with Gasteiger partial charge in [0, 0.05) is 11.8 Å². The second-order valence-corrected chi connectivity index (χ2v) is 8.74. The molecule has 0 fully saturated rings. The smallest absolute Gasteiger partial charge is 0.413 e. The summed E-state index contributed by atoms with van der Waals surface area (Å²) in [4.78, 5) is 39.5. The van der Waals surface area contributed by atoms with Gasteiger partial charge in [0.05, 0.1) is 6.54 Å². The Kier molecular flexibility index (Phi) is 5.93. The topological polar surface area (TPSA) is 112 Å². The Balaban J connectivity index is 1.70. The monoisotopic (exact) mass is 480 g/mol. The van der Waals surface area contributed by atoms with E-state index in [9.17, 15) is 9.18 Å². The number of hydrogen-bond donors (Lipinski definition) is 1. The van der Waals surface area contributed by atoms with Crippen molar-refractivity contribution in [2.24, 2.45) is 0 Å². The van der Waals surface area contributed by atoms with Crippen LogP contribution in [0.1, 0.15) is 26.3 Å². The number of amides is 1. The average molecular weight is 481 g/mol. The fourth-order valence-corrected chi connectivity index (χ4v) is 3.39. The van der Waals surface area contributed by atoms with Crippen molar-refractivity contribution in [3.63, 3.8) is 0 Å². The lowest BCUT2D eigenvalue weighted by atomic mass is 10.2. The van der Waals surface area contributed by atoms with E-state index in [1.807, 2.05) is 0 Å². The van der Waals surface area contributed by atoms with E-state index >= 15 is 0 Å². The molecule has 4 heterocycles. The zero-order chi connectivity index (χ0) is 23.0. The highest BCUT2D eigenvalue weighted by Gasteiger charge is 2.30. The third-order valence-electron chi connectivity index (χ3n) is 4.12. The first-order chi connectivity index (χ1) is 15.2. The summed E-state index contributed by atoms with van der Waals surface area (Å²) in [5, 5.41) is 4.02. The van der Waals surface area contributed by atoms with Gasteiger partial charge in [-0.2, -0.15) is 10.0 Å². The third kappa shape index (κ3) is 4.47. The van der Waals surface area contributed by atoms with Gasteiger partial charge in [-0.15, -0.1) is 0 Å². The zero-order valence-electron chi connectivity index (χ0n) is 17.5. The molecule has 32 heavy (non-hydrogen) atoms. The average Bonchev–Trinajstić information content (AvgIpc) is 2.73. The summed E-state index contributed by atoms with van der Waals surface area (Å²) >= 11 is 7.08. The van der Waals surface area contributed by atoms with Crippen LogP contribution in [0.3, 0.4) is 0 Å². The Morgan fingerprint density at radius 1 is 1.34 bits per heavy atom. The molecule has 0 aliphatic carbocycles. The minimum Gasteiger partial charge on any atom is -0.444 e. The van der Waals surface area contributed by atoms with Gasteiger partial charge in [0.2, 0.25) is 0 Å². The number of carbonyl (C=O) groups is 1. The molecule has 0 saturated carbocycles. The molecule has 0 radical (unpaired) electrons. The maximum absolute atomic E-state index is 14.7. The summed E-state index contributed by atoms with van der Waals surface area (Å²) < 4.78 is 19.9. The Labute approximate surface area is 191 Å². The Hall–Kier alpha value is -2.96. The number of nitrogens with zero attached hydrogens (tertiary/aromatic N) is 5. The van der Waals surface area contributed by atoms with Crippen LogP contribution >= 0.6 is 23.4 Å². The molecule has 13 heteroatoms. The predicted molar refractivity (Wildman–Crippen MR) is 116 cm³/mol. The fourth-order valence-electron chi connectivity index (χ4n) is 2.86. The molecular formula is C19H18ClFN6O4S. The molecule has 1 N–H and O–H groups in total. The summed E-state index contributed by atoms with van der Waals surface area (Å²) in [7, 11) is 0. The molecule has 4 rings (SSSR count). The van der Waals surface area contributed by atoms with Crippen LogP contribution in [-0.2, 0) is 16.3 Å². The molecule has 168 valence electrons. The highest BCUT2D eigenvalue weighted by atomic mass is 35.5. The summed E-state index contributed by atoms with van der Waals surface area (Å²) in [6.07, 6.45) is 2.62. The van der Waals surface area contributed by atoms with Gasteiger partial charge in [-0.3, -0.25) is 10.2 Å². The number of carbonyl (C=O) groups excluding carboxylic acids is 1. The number of hydrogen-bond acceptors (Lipinski definition) is 10. The molecule has 3 aromatic heterocycles. The van der Waals surface area contributed by atoms with E-state index in [0.717, 1.165) is 0 Å². The van der Waals surface area contributed by atoms with Crippen LogP contribution in [0.15, 0.2) is 23.5 Å². The number of halogens is 2. The molecule has 3 aromatic rings. The maximum atomic E-state index is 14.7. The lowest BCUT2D eigenvalue weighted by Gasteiger charge is -2.27. The molecule has 0 spiro atoms. The van der Waals surface area contributed by atoms with Crippen LogP contribution in [0, 0.1) is 5.82 Å². The van der Waals surface area contributed by atoms with E-state index < -0.39 is 22.7 Å². The second-order valence-electron chi connectivity index (χ2n) is 7.61. The lowest BCUT2D eigenvalue weighted by Crippen LogP contribution is -2.31. The minimum atomic E-state index is -0.788. The summed E-state index contributed by atoms with van der Waals surface area (Å²) in [5.74, 6) is -0.352. The number of hydroxylamine groups is 1. The van der Waals surface area contributed by atoms with Gasteiger partial charge >= 0.3 is 6.09 Å². The van der Waals surface area contributed by atoms with E-state index in [4.69, 9.17) is 26.2 Å². The molecule has 0 atom stereocenters. The van der Waals surface area contributed by atoms with Crippen LogP contribution < -0.4 is 15.3 Å². The summed E-state index contributed by atoms with van der Waals surface area (Å²) in [5.41, 5.74) is -0.155. The van der Waals surface area contributed by atoms with Gasteiger partial charge in [0.15, 0.2) is 21.9 Å². The Morgan fingerprint density at radius 3 is 2.84 bits per heavy atom. The first kappa shape index (κ1) is 22.2. The van der Waals surface area contributed by atoms with Crippen LogP contribution in [0.2, 0.25) is 5.15 Å². The number of pyridine rings is 2. The van der Waals surface area contributed by atoms with Crippen LogP contribution in [0.25, 0.3) is 10.9 Å². The number of rotatable bonds is 4. The van der Waals surface area contributed by atoms with Gasteiger partial charge in [0.25, 0.3) is 5.88 Å². The van der Waals surface area contributed by atoms with Crippen molar-refractivity contribution in [3.05, 3.63) is 34.9 Å². The highest BCUT2D eigenvalue weighted by Crippen LogP contribution is 2.40. The first-order valence-corrected chi connectivity index (χ1v) is 10.9. The van der Waals surface area contributed by atoms with Crippen LogP contribution in [0.4, 0.5) is 20.8 Å². The summed E-state index contributed by atoms with van der Waals surface area (Å²) in [6, 6.07) is 3.42. The van der Waals surface area contributed by atoms with E-state index in [0.29, 0.717) is 10.7 Å². The van der Waals surface area contributed by atoms with Gasteiger partial charge in [-0.05, 0) is 33.1 Å². The van der Waals surface area contributed by atoms with E-state index in [1.165, 1.54) is 23.0 Å². The van der Waals surface area contributed by atoms with Gasteiger partial charge in [0.1, 0.15) is 22.3 Å². The fraction of sp³-hybridized carbons (Fsp3) is 0.316. The minimum absolute atomic E-state index is 0.0408. The van der Waals surface area contributed by atoms with Crippen molar-refractivity contribution in [2.75, 3.05) is 16.6 Å². The number of anilines is 2. The standard InChI is InChI=1S/C19H18ClFN6O4S/c1-19(2,3)29-18(28)25-14-9(6-5-7-22-14)8-27-15-10-12(23-17(26-15)32-4)11(21)13(20)24-16(10)30-31-27/h5-7H,8H2,1-4H3,(H,22,25,28). The molecule has 0 unspecified atom stereocenters. The summed E-state index contributed by atoms with van der Waals surface area (Å²) in [6.45, 7) is 5.31. The van der Waals surface area contributed by atoms with Crippen molar-refractivity contribution in [1.82, 2.24) is 19.9 Å².